The first kappa shape index (κ1) is 19.9. The first-order valence-corrected chi connectivity index (χ1v) is 11.3. The molecule has 0 N–H and O–H groups in total. The van der Waals surface area contributed by atoms with Gasteiger partial charge in [-0.2, -0.15) is 3.71 Å². The zero-order valence-corrected chi connectivity index (χ0v) is 16.2. The van der Waals surface area contributed by atoms with Gasteiger partial charge in [0.15, 0.2) is 5.78 Å². The van der Waals surface area contributed by atoms with E-state index in [4.69, 9.17) is 0 Å². The molecule has 138 valence electrons. The van der Waals surface area contributed by atoms with Gasteiger partial charge < -0.3 is 0 Å². The van der Waals surface area contributed by atoms with Crippen LogP contribution in [0, 0.1) is 6.92 Å². The first-order chi connectivity index (χ1) is 12.0. The normalized spacial score (nSPS) is 12.3. The van der Waals surface area contributed by atoms with Gasteiger partial charge in [0.1, 0.15) is 0 Å². The molecule has 0 bridgehead atoms. The van der Waals surface area contributed by atoms with E-state index in [2.05, 4.69) is 0 Å². The fourth-order valence-electron chi connectivity index (χ4n) is 2.32. The van der Waals surface area contributed by atoms with Gasteiger partial charge in [0.05, 0.1) is 18.2 Å². The van der Waals surface area contributed by atoms with E-state index in [0.29, 0.717) is 9.27 Å². The molecule has 0 unspecified atom stereocenters. The van der Waals surface area contributed by atoms with Gasteiger partial charge >= 0.3 is 0 Å². The molecule has 2 rings (SSSR count). The van der Waals surface area contributed by atoms with Crippen LogP contribution in [0.3, 0.4) is 0 Å². The molecule has 0 aliphatic heterocycles. The molecule has 0 radical (unpaired) electrons. The average Bonchev–Trinajstić information content (AvgIpc) is 2.52. The Morgan fingerprint density at radius 3 is 1.81 bits per heavy atom. The molecule has 26 heavy (non-hydrogen) atoms. The number of anilines is 1. The van der Waals surface area contributed by atoms with Crippen LogP contribution >= 0.6 is 0 Å². The number of hydrogen-bond acceptors (Lipinski definition) is 5. The molecule has 0 fully saturated rings. The number of nitrogens with zero attached hydrogens (tertiary/aromatic N) is 1. The number of carbonyl (C=O) groups excluding carboxylic acids is 1. The Kier molecular flexibility index (Phi) is 5.68. The standard InChI is InChI=1S/C18H19NO5S2/c1-14-4-6-15(7-5-14)8-13-18(20)16-9-11-17(12-10-16)19(25(2,21)22)26(3,23)24/h4-13H,1-3H3. The van der Waals surface area contributed by atoms with Crippen LogP contribution in [0.5, 0.6) is 0 Å². The molecule has 0 aliphatic carbocycles. The maximum atomic E-state index is 12.2. The van der Waals surface area contributed by atoms with Crippen LogP contribution < -0.4 is 3.71 Å². The molecule has 2 aromatic rings. The van der Waals surface area contributed by atoms with Crippen molar-refractivity contribution in [2.24, 2.45) is 0 Å². The van der Waals surface area contributed by atoms with Crippen LogP contribution in [0.25, 0.3) is 6.08 Å². The molecule has 0 amide bonds. The van der Waals surface area contributed by atoms with Gasteiger partial charge in [-0.15, -0.1) is 0 Å². The SMILES string of the molecule is Cc1ccc(C=CC(=O)c2ccc(N(S(C)(=O)=O)S(C)(=O)=O)cc2)cc1. The summed E-state index contributed by atoms with van der Waals surface area (Å²) in [5, 5.41) is 0. The monoisotopic (exact) mass is 393 g/mol. The second-order valence-electron chi connectivity index (χ2n) is 5.88. The van der Waals surface area contributed by atoms with E-state index in [0.717, 1.165) is 23.6 Å². The van der Waals surface area contributed by atoms with Gasteiger partial charge in [0.2, 0.25) is 20.0 Å². The van der Waals surface area contributed by atoms with E-state index in [1.807, 2.05) is 31.2 Å². The quantitative estimate of drug-likeness (QED) is 0.556. The van der Waals surface area contributed by atoms with Crippen LogP contribution in [-0.4, -0.2) is 35.1 Å². The fraction of sp³-hybridized carbons (Fsp3) is 0.167. The molecular weight excluding hydrogens is 374 g/mol. The molecule has 0 atom stereocenters. The number of ketones is 1. The van der Waals surface area contributed by atoms with Crippen molar-refractivity contribution in [1.82, 2.24) is 0 Å². The van der Waals surface area contributed by atoms with Crippen molar-refractivity contribution in [3.05, 3.63) is 71.3 Å². The number of allylic oxidation sites excluding steroid dienone is 1. The molecule has 0 aliphatic rings. The van der Waals surface area contributed by atoms with E-state index >= 15 is 0 Å². The van der Waals surface area contributed by atoms with E-state index in [1.165, 1.54) is 30.3 Å². The molecule has 6 nitrogen and oxygen atoms in total. The van der Waals surface area contributed by atoms with Crippen LogP contribution in [0.1, 0.15) is 21.5 Å². The maximum Gasteiger partial charge on any atom is 0.245 e. The van der Waals surface area contributed by atoms with E-state index < -0.39 is 20.0 Å². The van der Waals surface area contributed by atoms with Gasteiger partial charge in [0, 0.05) is 5.56 Å². The topological polar surface area (TPSA) is 88.6 Å². The summed E-state index contributed by atoms with van der Waals surface area (Å²) in [6, 6.07) is 13.0. The van der Waals surface area contributed by atoms with Gasteiger partial charge in [-0.3, -0.25) is 4.79 Å². The summed E-state index contributed by atoms with van der Waals surface area (Å²) in [6.07, 6.45) is 4.69. The minimum absolute atomic E-state index is 0.0472. The largest absolute Gasteiger partial charge is 0.289 e. The van der Waals surface area contributed by atoms with Crippen LogP contribution in [-0.2, 0) is 20.0 Å². The highest BCUT2D eigenvalue weighted by molar-refractivity contribution is 8.09. The van der Waals surface area contributed by atoms with Crippen molar-refractivity contribution >= 4 is 37.6 Å². The Morgan fingerprint density at radius 1 is 0.846 bits per heavy atom. The lowest BCUT2D eigenvalue weighted by Gasteiger charge is -2.19. The van der Waals surface area contributed by atoms with E-state index in [-0.39, 0.29) is 11.5 Å². The molecule has 0 spiro atoms. The summed E-state index contributed by atoms with van der Waals surface area (Å²) < 4.78 is 47.3. The maximum absolute atomic E-state index is 12.2. The number of benzene rings is 2. The van der Waals surface area contributed by atoms with Gasteiger partial charge in [-0.25, -0.2) is 16.8 Å². The van der Waals surface area contributed by atoms with Gasteiger partial charge in [-0.1, -0.05) is 35.9 Å². The third-order valence-corrected chi connectivity index (χ3v) is 6.72. The first-order valence-electron chi connectivity index (χ1n) is 7.58. The average molecular weight is 393 g/mol. The van der Waals surface area contributed by atoms with Crippen molar-refractivity contribution in [3.8, 4) is 0 Å². The second kappa shape index (κ2) is 7.43. The smallest absolute Gasteiger partial charge is 0.245 e. The van der Waals surface area contributed by atoms with Crippen LogP contribution in [0.2, 0.25) is 0 Å². The summed E-state index contributed by atoms with van der Waals surface area (Å²) in [6.45, 7) is 1.97. The number of carbonyl (C=O) groups is 1. The van der Waals surface area contributed by atoms with Crippen LogP contribution in [0.4, 0.5) is 5.69 Å². The summed E-state index contributed by atoms with van der Waals surface area (Å²) >= 11 is 0. The molecule has 0 aromatic heterocycles. The summed E-state index contributed by atoms with van der Waals surface area (Å²) in [4.78, 5) is 12.2. The molecule has 8 heteroatoms. The van der Waals surface area contributed by atoms with Crippen molar-refractivity contribution in [3.63, 3.8) is 0 Å². The molecule has 2 aromatic carbocycles. The van der Waals surface area contributed by atoms with Gasteiger partial charge in [-0.05, 0) is 42.8 Å². The number of hydrogen-bond donors (Lipinski definition) is 0. The Labute approximate surface area is 153 Å². The molecule has 0 heterocycles. The molecule has 0 saturated heterocycles. The second-order valence-corrected chi connectivity index (χ2v) is 9.77. The highest BCUT2D eigenvalue weighted by Crippen LogP contribution is 2.21. The third kappa shape index (κ3) is 5.03. The van der Waals surface area contributed by atoms with Crippen molar-refractivity contribution in [2.45, 2.75) is 6.92 Å². The zero-order chi connectivity index (χ0) is 19.5. The number of sulfonamides is 2. The minimum atomic E-state index is -4.01. The van der Waals surface area contributed by atoms with E-state index in [1.54, 1.807) is 6.08 Å². The van der Waals surface area contributed by atoms with Crippen molar-refractivity contribution in [1.29, 1.82) is 0 Å². The number of rotatable bonds is 6. The Bertz CT molecular complexity index is 1000. The highest BCUT2D eigenvalue weighted by atomic mass is 32.3. The lowest BCUT2D eigenvalue weighted by molar-refractivity contribution is 0.104. The Morgan fingerprint density at radius 2 is 1.35 bits per heavy atom. The molecule has 0 saturated carbocycles. The Balaban J connectivity index is 2.25. The summed E-state index contributed by atoms with van der Waals surface area (Å²) in [5.74, 6) is -0.276. The van der Waals surface area contributed by atoms with Gasteiger partial charge in [0.25, 0.3) is 0 Å². The lowest BCUT2D eigenvalue weighted by atomic mass is 10.1. The van der Waals surface area contributed by atoms with Crippen molar-refractivity contribution in [2.75, 3.05) is 16.2 Å². The predicted octanol–water partition coefficient (Wildman–Crippen LogP) is 2.62. The summed E-state index contributed by atoms with van der Waals surface area (Å²) in [5.41, 5.74) is 2.26. The Hall–Kier alpha value is -2.45. The zero-order valence-electron chi connectivity index (χ0n) is 14.6. The van der Waals surface area contributed by atoms with Crippen molar-refractivity contribution < 1.29 is 21.6 Å². The third-order valence-electron chi connectivity index (χ3n) is 3.47. The summed E-state index contributed by atoms with van der Waals surface area (Å²) in [7, 11) is -8.02. The highest BCUT2D eigenvalue weighted by Gasteiger charge is 2.27. The number of aryl methyl sites for hydroxylation is 1. The fourth-order valence-corrected chi connectivity index (χ4v) is 5.30. The lowest BCUT2D eigenvalue weighted by Crippen LogP contribution is -2.35. The van der Waals surface area contributed by atoms with Crippen LogP contribution in [0.15, 0.2) is 54.6 Å². The molecular formula is C18H19NO5S2. The predicted molar refractivity (Wildman–Crippen MR) is 103 cm³/mol. The van der Waals surface area contributed by atoms with E-state index in [9.17, 15) is 21.6 Å². The minimum Gasteiger partial charge on any atom is -0.289 e.